The van der Waals surface area contributed by atoms with Crippen molar-refractivity contribution in [1.82, 2.24) is 0 Å². The van der Waals surface area contributed by atoms with Gasteiger partial charge in [0, 0.05) is 0 Å². The van der Waals surface area contributed by atoms with Crippen LogP contribution in [0.5, 0.6) is 0 Å². The first-order chi connectivity index (χ1) is 14.4. The van der Waals surface area contributed by atoms with Gasteiger partial charge in [-0.3, -0.25) is 0 Å². The van der Waals surface area contributed by atoms with Gasteiger partial charge in [-0.2, -0.15) is 0 Å². The molecule has 4 aliphatic rings. The number of fused-ring (bicyclic) bond motifs is 5. The Labute approximate surface area is 191 Å². The Morgan fingerprint density at radius 2 is 1.45 bits per heavy atom. The fourth-order valence-electron chi connectivity index (χ4n) is 9.31. The number of aliphatic hydroxyl groups is 3. The van der Waals surface area contributed by atoms with Crippen molar-refractivity contribution in [2.45, 2.75) is 124 Å². The van der Waals surface area contributed by atoms with Crippen LogP contribution in [0.25, 0.3) is 0 Å². The van der Waals surface area contributed by atoms with Crippen molar-refractivity contribution in [2.24, 2.45) is 52.3 Å². The van der Waals surface area contributed by atoms with Crippen LogP contribution in [0.4, 0.5) is 0 Å². The van der Waals surface area contributed by atoms with Gasteiger partial charge in [0.05, 0.1) is 17.8 Å². The molecule has 0 saturated heterocycles. The first-order valence-electron chi connectivity index (χ1n) is 13.5. The lowest BCUT2D eigenvalue weighted by Crippen LogP contribution is -2.69. The zero-order chi connectivity index (χ0) is 22.8. The minimum atomic E-state index is -0.944. The van der Waals surface area contributed by atoms with E-state index in [1.165, 1.54) is 25.7 Å². The van der Waals surface area contributed by atoms with Crippen molar-refractivity contribution < 1.29 is 15.3 Å². The quantitative estimate of drug-likeness (QED) is 0.512. The maximum atomic E-state index is 12.3. The zero-order valence-corrected chi connectivity index (χ0v) is 21.1. The Balaban J connectivity index is 1.56. The van der Waals surface area contributed by atoms with E-state index in [9.17, 15) is 15.3 Å². The minimum absolute atomic E-state index is 0.0605. The van der Waals surface area contributed by atoms with Crippen LogP contribution in [0.3, 0.4) is 0 Å². The molecule has 11 atom stereocenters. The monoisotopic (exact) mass is 434 g/mol. The van der Waals surface area contributed by atoms with Gasteiger partial charge >= 0.3 is 0 Å². The second kappa shape index (κ2) is 8.27. The molecule has 3 N–H and O–H groups in total. The molecular weight excluding hydrogens is 384 g/mol. The summed E-state index contributed by atoms with van der Waals surface area (Å²) in [7, 11) is 0. The summed E-state index contributed by atoms with van der Waals surface area (Å²) in [6.45, 7) is 14.3. The lowest BCUT2D eigenvalue weighted by molar-refractivity contribution is -0.271. The van der Waals surface area contributed by atoms with E-state index in [0.717, 1.165) is 43.9 Å². The van der Waals surface area contributed by atoms with Gasteiger partial charge in [-0.15, -0.1) is 0 Å². The fourth-order valence-corrected chi connectivity index (χ4v) is 9.31. The molecule has 0 aromatic rings. The average Bonchev–Trinajstić information content (AvgIpc) is 3.06. The standard InChI is InChI=1S/C28H50O3/c1-17(2)18(3)7-8-19(4)22-9-10-23-27(22,6)14-12-24-26(5)13-11-21(29)15-20(26)16-25(30)28(23,24)31/h17-25,29-31H,7-16H2,1-6H3/t18-,19+,20+,21+,22-,23+,24+,25+,26-,27+,28-/m0/s1. The molecule has 180 valence electrons. The lowest BCUT2D eigenvalue weighted by Gasteiger charge is -2.66. The SMILES string of the molecule is CC(C)[C@@H](C)CC[C@@H](C)[C@@H]1CC[C@@H]2[C@]1(C)CC[C@@H]1[C@@]3(C)CC[C@@H](O)C[C@@H]3C[C@@H](O)[C@@]12O. The fraction of sp³-hybridized carbons (Fsp3) is 1.00. The normalized spacial score (nSPS) is 51.7. The molecule has 0 bridgehead atoms. The van der Waals surface area contributed by atoms with Crippen LogP contribution < -0.4 is 0 Å². The first kappa shape index (κ1) is 24.0. The third-order valence-corrected chi connectivity index (χ3v) is 11.7. The van der Waals surface area contributed by atoms with E-state index in [0.29, 0.717) is 24.2 Å². The van der Waals surface area contributed by atoms with Gasteiger partial charge in [-0.05, 0) is 104 Å². The highest BCUT2D eigenvalue weighted by atomic mass is 16.3. The molecule has 0 aromatic heterocycles. The Bertz CT molecular complexity index is 648. The van der Waals surface area contributed by atoms with Crippen LogP contribution in [-0.4, -0.2) is 33.1 Å². The van der Waals surface area contributed by atoms with Gasteiger partial charge in [-0.25, -0.2) is 0 Å². The van der Waals surface area contributed by atoms with Gasteiger partial charge in [-0.1, -0.05) is 54.4 Å². The molecule has 4 rings (SSSR count). The average molecular weight is 435 g/mol. The summed E-state index contributed by atoms with van der Waals surface area (Å²) < 4.78 is 0. The third-order valence-electron chi connectivity index (χ3n) is 11.7. The summed E-state index contributed by atoms with van der Waals surface area (Å²) in [5, 5.41) is 34.0. The summed E-state index contributed by atoms with van der Waals surface area (Å²) in [5.74, 6) is 3.59. The smallest absolute Gasteiger partial charge is 0.0971 e. The van der Waals surface area contributed by atoms with Gasteiger partial charge in [0.15, 0.2) is 0 Å². The molecule has 0 amide bonds. The first-order valence-corrected chi connectivity index (χ1v) is 13.5. The molecule has 0 aliphatic heterocycles. The number of hydrogen-bond acceptors (Lipinski definition) is 3. The highest BCUT2D eigenvalue weighted by Gasteiger charge is 2.69. The van der Waals surface area contributed by atoms with Crippen LogP contribution in [-0.2, 0) is 0 Å². The van der Waals surface area contributed by atoms with Crippen molar-refractivity contribution in [3.8, 4) is 0 Å². The van der Waals surface area contributed by atoms with E-state index < -0.39 is 11.7 Å². The molecule has 4 saturated carbocycles. The Hall–Kier alpha value is -0.120. The molecule has 0 spiro atoms. The summed E-state index contributed by atoms with van der Waals surface area (Å²) in [4.78, 5) is 0. The molecule has 4 fully saturated rings. The van der Waals surface area contributed by atoms with E-state index >= 15 is 0 Å². The second-order valence-electron chi connectivity index (χ2n) is 13.4. The molecule has 0 heterocycles. The van der Waals surface area contributed by atoms with Crippen LogP contribution >= 0.6 is 0 Å². The number of hydrogen-bond donors (Lipinski definition) is 3. The van der Waals surface area contributed by atoms with Crippen LogP contribution in [0.2, 0.25) is 0 Å². The van der Waals surface area contributed by atoms with Gasteiger partial charge < -0.3 is 15.3 Å². The predicted molar refractivity (Wildman–Crippen MR) is 126 cm³/mol. The number of aliphatic hydroxyl groups excluding tert-OH is 2. The van der Waals surface area contributed by atoms with Crippen molar-refractivity contribution in [3.63, 3.8) is 0 Å². The van der Waals surface area contributed by atoms with E-state index in [2.05, 4.69) is 41.5 Å². The van der Waals surface area contributed by atoms with E-state index in [1.54, 1.807) is 0 Å². The number of rotatable bonds is 5. The summed E-state index contributed by atoms with van der Waals surface area (Å²) in [5.41, 5.74) is -0.741. The van der Waals surface area contributed by atoms with E-state index in [1.807, 2.05) is 0 Å². The Kier molecular flexibility index (Phi) is 6.41. The maximum absolute atomic E-state index is 12.3. The topological polar surface area (TPSA) is 60.7 Å². The lowest BCUT2D eigenvalue weighted by atomic mass is 9.42. The third kappa shape index (κ3) is 3.64. The molecule has 3 heteroatoms. The molecule has 0 radical (unpaired) electrons. The summed E-state index contributed by atoms with van der Waals surface area (Å²) in [6.07, 6.45) is 9.54. The zero-order valence-electron chi connectivity index (χ0n) is 21.1. The van der Waals surface area contributed by atoms with Crippen LogP contribution in [0.1, 0.15) is 106 Å². The highest BCUT2D eigenvalue weighted by molar-refractivity contribution is 5.19. The molecule has 3 nitrogen and oxygen atoms in total. The van der Waals surface area contributed by atoms with Crippen LogP contribution in [0.15, 0.2) is 0 Å². The minimum Gasteiger partial charge on any atom is -0.393 e. The van der Waals surface area contributed by atoms with Crippen LogP contribution in [0, 0.1) is 52.3 Å². The van der Waals surface area contributed by atoms with E-state index in [-0.39, 0.29) is 28.8 Å². The second-order valence-corrected chi connectivity index (χ2v) is 13.4. The molecule has 31 heavy (non-hydrogen) atoms. The molecule has 4 aliphatic carbocycles. The van der Waals surface area contributed by atoms with Crippen molar-refractivity contribution in [2.75, 3.05) is 0 Å². The van der Waals surface area contributed by atoms with Gasteiger partial charge in [0.1, 0.15) is 0 Å². The van der Waals surface area contributed by atoms with Crippen molar-refractivity contribution in [1.29, 1.82) is 0 Å². The van der Waals surface area contributed by atoms with Crippen molar-refractivity contribution >= 4 is 0 Å². The summed E-state index contributed by atoms with van der Waals surface area (Å²) in [6, 6.07) is 0. The molecule has 0 aromatic carbocycles. The van der Waals surface area contributed by atoms with Gasteiger partial charge in [0.25, 0.3) is 0 Å². The maximum Gasteiger partial charge on any atom is 0.0971 e. The Morgan fingerprint density at radius 1 is 0.806 bits per heavy atom. The van der Waals surface area contributed by atoms with E-state index in [4.69, 9.17) is 0 Å². The highest BCUT2D eigenvalue weighted by Crippen LogP contribution is 2.69. The van der Waals surface area contributed by atoms with Crippen molar-refractivity contribution in [3.05, 3.63) is 0 Å². The molecular formula is C28H50O3. The predicted octanol–water partition coefficient (Wildman–Crippen LogP) is 5.80. The van der Waals surface area contributed by atoms with Gasteiger partial charge in [0.2, 0.25) is 0 Å². The molecule has 0 unspecified atom stereocenters. The largest absolute Gasteiger partial charge is 0.393 e. The Morgan fingerprint density at radius 3 is 2.13 bits per heavy atom. The summed E-state index contributed by atoms with van der Waals surface area (Å²) >= 11 is 0.